The Labute approximate surface area is 156 Å². The SMILES string of the molecule is CCCCCC(=O)NCC(c1ccc(OC)c(OC)c1)N1CCOCC1. The van der Waals surface area contributed by atoms with Crippen LogP contribution in [-0.4, -0.2) is 57.9 Å². The molecule has 2 rings (SSSR count). The van der Waals surface area contributed by atoms with Crippen LogP contribution in [0.15, 0.2) is 18.2 Å². The Hall–Kier alpha value is -1.79. The lowest BCUT2D eigenvalue weighted by Gasteiger charge is -2.35. The molecule has 0 aromatic heterocycles. The minimum absolute atomic E-state index is 0.0915. The fourth-order valence-electron chi connectivity index (χ4n) is 3.24. The normalized spacial score (nSPS) is 16.1. The number of unbranched alkanes of at least 4 members (excludes halogenated alkanes) is 2. The number of nitrogens with zero attached hydrogens (tertiary/aromatic N) is 1. The van der Waals surface area contributed by atoms with E-state index in [4.69, 9.17) is 14.2 Å². The second-order valence-electron chi connectivity index (χ2n) is 6.54. The molecule has 1 saturated heterocycles. The molecule has 1 heterocycles. The highest BCUT2D eigenvalue weighted by Gasteiger charge is 2.24. The molecule has 0 aliphatic carbocycles. The van der Waals surface area contributed by atoms with Crippen molar-refractivity contribution in [3.8, 4) is 11.5 Å². The number of rotatable bonds is 10. The number of ether oxygens (including phenoxy) is 3. The Morgan fingerprint density at radius 3 is 2.58 bits per heavy atom. The van der Waals surface area contributed by atoms with Crippen molar-refractivity contribution in [3.63, 3.8) is 0 Å². The highest BCUT2D eigenvalue weighted by molar-refractivity contribution is 5.75. The smallest absolute Gasteiger partial charge is 0.220 e. The number of hydrogen-bond acceptors (Lipinski definition) is 5. The van der Waals surface area contributed by atoms with E-state index in [0.717, 1.165) is 37.9 Å². The average Bonchev–Trinajstić information content (AvgIpc) is 2.69. The lowest BCUT2D eigenvalue weighted by Crippen LogP contribution is -2.43. The van der Waals surface area contributed by atoms with Crippen molar-refractivity contribution in [2.75, 3.05) is 47.1 Å². The summed E-state index contributed by atoms with van der Waals surface area (Å²) in [5.41, 5.74) is 1.11. The Morgan fingerprint density at radius 1 is 1.19 bits per heavy atom. The van der Waals surface area contributed by atoms with Gasteiger partial charge in [0, 0.05) is 26.1 Å². The monoisotopic (exact) mass is 364 g/mol. The number of benzene rings is 1. The molecular weight excluding hydrogens is 332 g/mol. The van der Waals surface area contributed by atoms with E-state index in [1.165, 1.54) is 0 Å². The molecule has 1 atom stereocenters. The van der Waals surface area contributed by atoms with Gasteiger partial charge >= 0.3 is 0 Å². The third-order valence-corrected chi connectivity index (χ3v) is 4.78. The largest absolute Gasteiger partial charge is 0.493 e. The van der Waals surface area contributed by atoms with Gasteiger partial charge in [0.05, 0.1) is 33.5 Å². The first-order chi connectivity index (χ1) is 12.7. The summed E-state index contributed by atoms with van der Waals surface area (Å²) in [7, 11) is 3.27. The zero-order valence-corrected chi connectivity index (χ0v) is 16.3. The van der Waals surface area contributed by atoms with Gasteiger partial charge in [-0.25, -0.2) is 0 Å². The number of amides is 1. The molecule has 1 amide bonds. The summed E-state index contributed by atoms with van der Waals surface area (Å²) in [6.07, 6.45) is 3.75. The summed E-state index contributed by atoms with van der Waals surface area (Å²) >= 11 is 0. The van der Waals surface area contributed by atoms with Crippen LogP contribution >= 0.6 is 0 Å². The molecule has 1 unspecified atom stereocenters. The average molecular weight is 364 g/mol. The molecule has 1 fully saturated rings. The molecule has 0 spiro atoms. The van der Waals surface area contributed by atoms with Crippen LogP contribution < -0.4 is 14.8 Å². The van der Waals surface area contributed by atoms with Crippen molar-refractivity contribution in [1.82, 2.24) is 10.2 Å². The second-order valence-corrected chi connectivity index (χ2v) is 6.54. The Kier molecular flexibility index (Phi) is 8.71. The van der Waals surface area contributed by atoms with Crippen LogP contribution in [0, 0.1) is 0 Å². The van der Waals surface area contributed by atoms with E-state index in [-0.39, 0.29) is 11.9 Å². The zero-order valence-electron chi connectivity index (χ0n) is 16.3. The molecule has 1 aromatic rings. The van der Waals surface area contributed by atoms with Crippen LogP contribution in [0.2, 0.25) is 0 Å². The maximum atomic E-state index is 12.2. The molecule has 146 valence electrons. The van der Waals surface area contributed by atoms with Crippen molar-refractivity contribution in [1.29, 1.82) is 0 Å². The van der Waals surface area contributed by atoms with E-state index in [2.05, 4.69) is 17.1 Å². The standard InChI is InChI=1S/C20H32N2O4/c1-4-5-6-7-20(23)21-15-17(22-10-12-26-13-11-22)16-8-9-18(24-2)19(14-16)25-3/h8-9,14,17H,4-7,10-13,15H2,1-3H3,(H,21,23). The highest BCUT2D eigenvalue weighted by atomic mass is 16.5. The Bertz CT molecular complexity index is 559. The molecule has 6 heteroatoms. The minimum Gasteiger partial charge on any atom is -0.493 e. The summed E-state index contributed by atoms with van der Waals surface area (Å²) < 4.78 is 16.3. The summed E-state index contributed by atoms with van der Waals surface area (Å²) in [5.74, 6) is 1.54. The Balaban J connectivity index is 2.09. The number of hydrogen-bond donors (Lipinski definition) is 1. The Morgan fingerprint density at radius 2 is 1.92 bits per heavy atom. The summed E-state index contributed by atoms with van der Waals surface area (Å²) in [6.45, 7) is 5.86. The maximum Gasteiger partial charge on any atom is 0.220 e. The van der Waals surface area contributed by atoms with Crippen molar-refractivity contribution < 1.29 is 19.0 Å². The molecular formula is C20H32N2O4. The molecule has 6 nitrogen and oxygen atoms in total. The van der Waals surface area contributed by atoms with Crippen LogP contribution in [0.1, 0.15) is 44.2 Å². The van der Waals surface area contributed by atoms with E-state index >= 15 is 0 Å². The number of nitrogens with one attached hydrogen (secondary N) is 1. The molecule has 0 saturated carbocycles. The van der Waals surface area contributed by atoms with Crippen molar-refractivity contribution in [3.05, 3.63) is 23.8 Å². The lowest BCUT2D eigenvalue weighted by molar-refractivity contribution is -0.121. The van der Waals surface area contributed by atoms with E-state index in [1.54, 1.807) is 14.2 Å². The summed E-state index contributed by atoms with van der Waals surface area (Å²) in [6, 6.07) is 6.06. The highest BCUT2D eigenvalue weighted by Crippen LogP contribution is 2.32. The predicted octanol–water partition coefficient (Wildman–Crippen LogP) is 2.77. The molecule has 0 radical (unpaired) electrons. The molecule has 1 aliphatic rings. The van der Waals surface area contributed by atoms with Crippen LogP contribution in [0.4, 0.5) is 0 Å². The van der Waals surface area contributed by atoms with Gasteiger partial charge in [0.1, 0.15) is 0 Å². The summed E-state index contributed by atoms with van der Waals surface area (Å²) in [4.78, 5) is 14.5. The van der Waals surface area contributed by atoms with Gasteiger partial charge in [-0.05, 0) is 24.1 Å². The van der Waals surface area contributed by atoms with Crippen molar-refractivity contribution >= 4 is 5.91 Å². The van der Waals surface area contributed by atoms with Gasteiger partial charge in [0.15, 0.2) is 11.5 Å². The number of methoxy groups -OCH3 is 2. The first kappa shape index (κ1) is 20.5. The summed E-state index contributed by atoms with van der Waals surface area (Å²) in [5, 5.41) is 3.11. The number of morpholine rings is 1. The van der Waals surface area contributed by atoms with Gasteiger partial charge in [-0.1, -0.05) is 25.8 Å². The molecule has 1 aliphatic heterocycles. The minimum atomic E-state index is 0.0915. The van der Waals surface area contributed by atoms with E-state index < -0.39 is 0 Å². The number of carbonyl (C=O) groups excluding carboxylic acids is 1. The van der Waals surface area contributed by atoms with Gasteiger partial charge in [-0.2, -0.15) is 0 Å². The van der Waals surface area contributed by atoms with Gasteiger partial charge in [0.25, 0.3) is 0 Å². The first-order valence-corrected chi connectivity index (χ1v) is 9.50. The molecule has 26 heavy (non-hydrogen) atoms. The van der Waals surface area contributed by atoms with Gasteiger partial charge < -0.3 is 19.5 Å². The second kappa shape index (κ2) is 11.0. The fourth-order valence-corrected chi connectivity index (χ4v) is 3.24. The molecule has 1 aromatic carbocycles. The third-order valence-electron chi connectivity index (χ3n) is 4.78. The van der Waals surface area contributed by atoms with Crippen molar-refractivity contribution in [2.45, 2.75) is 38.6 Å². The number of carbonyl (C=O) groups is 1. The molecule has 0 bridgehead atoms. The maximum absolute atomic E-state index is 12.2. The predicted molar refractivity (Wildman–Crippen MR) is 102 cm³/mol. The van der Waals surface area contributed by atoms with Crippen LogP contribution in [0.25, 0.3) is 0 Å². The van der Waals surface area contributed by atoms with E-state index in [9.17, 15) is 4.79 Å². The van der Waals surface area contributed by atoms with Crippen LogP contribution in [0.5, 0.6) is 11.5 Å². The quantitative estimate of drug-likeness (QED) is 0.647. The van der Waals surface area contributed by atoms with Crippen molar-refractivity contribution in [2.24, 2.45) is 0 Å². The van der Waals surface area contributed by atoms with E-state index in [0.29, 0.717) is 37.7 Å². The lowest BCUT2D eigenvalue weighted by atomic mass is 10.0. The topological polar surface area (TPSA) is 60.0 Å². The van der Waals surface area contributed by atoms with E-state index in [1.807, 2.05) is 18.2 Å². The van der Waals surface area contributed by atoms with Gasteiger partial charge in [-0.15, -0.1) is 0 Å². The van der Waals surface area contributed by atoms with Gasteiger partial charge in [0.2, 0.25) is 5.91 Å². The fraction of sp³-hybridized carbons (Fsp3) is 0.650. The third kappa shape index (κ3) is 5.88. The van der Waals surface area contributed by atoms with Gasteiger partial charge in [-0.3, -0.25) is 9.69 Å². The zero-order chi connectivity index (χ0) is 18.8. The van der Waals surface area contributed by atoms with Crippen LogP contribution in [0.3, 0.4) is 0 Å². The first-order valence-electron chi connectivity index (χ1n) is 9.50. The van der Waals surface area contributed by atoms with Crippen LogP contribution in [-0.2, 0) is 9.53 Å². The molecule has 1 N–H and O–H groups in total.